The van der Waals surface area contributed by atoms with Gasteiger partial charge < -0.3 is 18.9 Å². The average molecular weight is 653 g/mol. The molecule has 0 aliphatic carbocycles. The zero-order valence-corrected chi connectivity index (χ0v) is 28.5. The van der Waals surface area contributed by atoms with Crippen molar-refractivity contribution in [2.75, 3.05) is 28.4 Å². The van der Waals surface area contributed by atoms with E-state index in [0.29, 0.717) is 0 Å². The van der Waals surface area contributed by atoms with Crippen LogP contribution in [0.15, 0.2) is 146 Å². The molecule has 0 fully saturated rings. The molecule has 0 heterocycles. The fraction of sp³-hybridized carbons (Fsp3) is 0.0870. The van der Waals surface area contributed by atoms with Crippen molar-refractivity contribution in [2.24, 2.45) is 0 Å². The Bertz CT molecular complexity index is 2310. The van der Waals surface area contributed by atoms with Crippen LogP contribution in [0.3, 0.4) is 0 Å². The molecule has 0 aromatic heterocycles. The molecule has 0 N–H and O–H groups in total. The quantitative estimate of drug-likeness (QED) is 0.153. The minimum atomic E-state index is 0.800. The summed E-state index contributed by atoms with van der Waals surface area (Å²) >= 11 is 0. The van der Waals surface area contributed by atoms with Gasteiger partial charge >= 0.3 is 0 Å². The molecule has 0 saturated heterocycles. The second-order valence-electron chi connectivity index (χ2n) is 12.3. The Hall–Kier alpha value is -6.26. The van der Waals surface area contributed by atoms with Gasteiger partial charge in [0, 0.05) is 0 Å². The Kier molecular flexibility index (Phi) is 8.06. The van der Waals surface area contributed by atoms with E-state index in [1.807, 2.05) is 24.3 Å². The van der Waals surface area contributed by atoms with Crippen LogP contribution in [0.2, 0.25) is 0 Å². The van der Waals surface area contributed by atoms with Gasteiger partial charge in [0.25, 0.3) is 0 Å². The minimum Gasteiger partial charge on any atom is -0.497 e. The first-order chi connectivity index (χ1) is 24.6. The summed E-state index contributed by atoms with van der Waals surface area (Å²) in [5.74, 6) is 3.22. The van der Waals surface area contributed by atoms with Crippen molar-refractivity contribution in [2.45, 2.75) is 0 Å². The Labute approximate surface area is 292 Å². The molecule has 8 aromatic rings. The summed E-state index contributed by atoms with van der Waals surface area (Å²) < 4.78 is 23.0. The molecule has 0 amide bonds. The first-order valence-corrected chi connectivity index (χ1v) is 16.6. The minimum absolute atomic E-state index is 0.800. The molecular weight excluding hydrogens is 617 g/mol. The van der Waals surface area contributed by atoms with Crippen molar-refractivity contribution in [1.82, 2.24) is 0 Å². The largest absolute Gasteiger partial charge is 0.497 e. The van der Waals surface area contributed by atoms with Gasteiger partial charge in [0.15, 0.2) is 0 Å². The van der Waals surface area contributed by atoms with Crippen LogP contribution in [-0.4, -0.2) is 28.4 Å². The normalized spacial score (nSPS) is 11.2. The zero-order chi connectivity index (χ0) is 34.2. The van der Waals surface area contributed by atoms with Gasteiger partial charge in [0.1, 0.15) is 23.0 Å². The summed E-state index contributed by atoms with van der Waals surface area (Å²) in [7, 11) is 6.86. The van der Waals surface area contributed by atoms with Gasteiger partial charge in [0.05, 0.1) is 28.4 Å². The molecule has 0 aliphatic rings. The number of rotatable bonds is 8. The predicted molar refractivity (Wildman–Crippen MR) is 207 cm³/mol. The van der Waals surface area contributed by atoms with E-state index in [4.69, 9.17) is 18.9 Å². The van der Waals surface area contributed by atoms with Gasteiger partial charge in [0.2, 0.25) is 0 Å². The summed E-state index contributed by atoms with van der Waals surface area (Å²) in [4.78, 5) is 0. The first kappa shape index (κ1) is 31.0. The maximum absolute atomic E-state index is 5.89. The summed E-state index contributed by atoms with van der Waals surface area (Å²) in [6, 6.07) is 51.1. The second kappa shape index (κ2) is 13.0. The molecule has 8 rings (SSSR count). The van der Waals surface area contributed by atoms with E-state index >= 15 is 0 Å². The van der Waals surface area contributed by atoms with Gasteiger partial charge in [-0.3, -0.25) is 0 Å². The number of ether oxygens (including phenoxy) is 4. The van der Waals surface area contributed by atoms with E-state index in [-0.39, 0.29) is 0 Å². The average Bonchev–Trinajstić information content (AvgIpc) is 3.19. The monoisotopic (exact) mass is 652 g/mol. The molecule has 0 aliphatic heterocycles. The van der Waals surface area contributed by atoms with Crippen LogP contribution >= 0.6 is 0 Å². The van der Waals surface area contributed by atoms with E-state index in [9.17, 15) is 0 Å². The van der Waals surface area contributed by atoms with E-state index in [0.717, 1.165) is 99.8 Å². The summed E-state index contributed by atoms with van der Waals surface area (Å²) in [5.41, 5.74) is 8.99. The van der Waals surface area contributed by atoms with Gasteiger partial charge in [-0.25, -0.2) is 0 Å². The fourth-order valence-corrected chi connectivity index (χ4v) is 7.36. The maximum Gasteiger partial charge on any atom is 0.119 e. The molecule has 0 saturated carbocycles. The lowest BCUT2D eigenvalue weighted by Crippen LogP contribution is -1.98. The lowest BCUT2D eigenvalue weighted by atomic mass is 9.77. The highest BCUT2D eigenvalue weighted by molar-refractivity contribution is 6.34. The molecule has 244 valence electrons. The molecule has 0 atom stereocenters. The van der Waals surface area contributed by atoms with Gasteiger partial charge in [-0.1, -0.05) is 97.1 Å². The highest BCUT2D eigenvalue weighted by Gasteiger charge is 2.26. The van der Waals surface area contributed by atoms with Gasteiger partial charge in [-0.15, -0.1) is 0 Å². The summed E-state index contributed by atoms with van der Waals surface area (Å²) in [5, 5.41) is 6.78. The van der Waals surface area contributed by atoms with Crippen molar-refractivity contribution in [3.05, 3.63) is 146 Å². The molecule has 0 unspecified atom stereocenters. The molecule has 0 radical (unpaired) electrons. The Morgan fingerprint density at radius 3 is 0.920 bits per heavy atom. The van der Waals surface area contributed by atoms with Crippen LogP contribution in [0.1, 0.15) is 0 Å². The van der Waals surface area contributed by atoms with Crippen molar-refractivity contribution in [3.63, 3.8) is 0 Å². The lowest BCUT2D eigenvalue weighted by Gasteiger charge is -2.26. The number of hydrogen-bond acceptors (Lipinski definition) is 4. The van der Waals surface area contributed by atoms with Crippen LogP contribution in [0.4, 0.5) is 0 Å². The van der Waals surface area contributed by atoms with Gasteiger partial charge in [-0.05, 0) is 125 Å². The topological polar surface area (TPSA) is 36.9 Å². The highest BCUT2D eigenvalue weighted by Crippen LogP contribution is 2.54. The maximum atomic E-state index is 5.89. The number of hydrogen-bond donors (Lipinski definition) is 0. The van der Waals surface area contributed by atoms with Crippen molar-refractivity contribution < 1.29 is 18.9 Å². The van der Waals surface area contributed by atoms with E-state index in [1.165, 1.54) is 0 Å². The molecule has 4 nitrogen and oxygen atoms in total. The standard InChI is InChI=1S/C46H36O4/c1-47-33-19-15-31(16-20-33)41-37-25-23-35(49-3)27-39(37)44(30-13-9-6-10-14-30)46-42(32-17-21-34(48-2)22-18-32)38-26-24-36(50-4)28-40(38)43(45(41)46)29-11-7-5-8-12-29/h5-28H,1-4H3. The molecular formula is C46H36O4. The molecule has 8 aromatic carbocycles. The van der Waals surface area contributed by atoms with Crippen LogP contribution < -0.4 is 18.9 Å². The third-order valence-corrected chi connectivity index (χ3v) is 9.66. The van der Waals surface area contributed by atoms with Crippen LogP contribution in [0.25, 0.3) is 76.8 Å². The highest BCUT2D eigenvalue weighted by atomic mass is 16.5. The van der Waals surface area contributed by atoms with E-state index < -0.39 is 0 Å². The molecule has 0 bridgehead atoms. The smallest absolute Gasteiger partial charge is 0.119 e. The van der Waals surface area contributed by atoms with Crippen molar-refractivity contribution >= 4 is 32.3 Å². The SMILES string of the molecule is COc1ccc(-c2c3ccc(OC)cc3c(-c3ccccc3)c3c(-c4ccc(OC)cc4)c4ccc(OC)cc4c(-c4ccccc4)c23)cc1. The number of methoxy groups -OCH3 is 4. The van der Waals surface area contributed by atoms with Crippen LogP contribution in [0, 0.1) is 0 Å². The van der Waals surface area contributed by atoms with E-state index in [2.05, 4.69) is 121 Å². The Morgan fingerprint density at radius 2 is 0.580 bits per heavy atom. The Morgan fingerprint density at radius 1 is 0.280 bits per heavy atom. The van der Waals surface area contributed by atoms with E-state index in [1.54, 1.807) is 28.4 Å². The Balaban J connectivity index is 1.74. The summed E-state index contributed by atoms with van der Waals surface area (Å²) in [6.45, 7) is 0. The zero-order valence-electron chi connectivity index (χ0n) is 28.5. The third kappa shape index (κ3) is 5.17. The molecule has 0 spiro atoms. The predicted octanol–water partition coefficient (Wildman–Crippen LogP) is 11.8. The van der Waals surface area contributed by atoms with Crippen LogP contribution in [-0.2, 0) is 0 Å². The second-order valence-corrected chi connectivity index (χ2v) is 12.3. The molecule has 50 heavy (non-hydrogen) atoms. The first-order valence-electron chi connectivity index (χ1n) is 16.6. The lowest BCUT2D eigenvalue weighted by molar-refractivity contribution is 0.415. The fourth-order valence-electron chi connectivity index (χ4n) is 7.36. The van der Waals surface area contributed by atoms with Crippen molar-refractivity contribution in [3.8, 4) is 67.5 Å². The van der Waals surface area contributed by atoms with Crippen LogP contribution in [0.5, 0.6) is 23.0 Å². The molecule has 4 heteroatoms. The third-order valence-electron chi connectivity index (χ3n) is 9.66. The number of benzene rings is 8. The summed E-state index contributed by atoms with van der Waals surface area (Å²) in [6.07, 6.45) is 0. The number of fused-ring (bicyclic) bond motifs is 3. The van der Waals surface area contributed by atoms with Crippen molar-refractivity contribution in [1.29, 1.82) is 0 Å². The van der Waals surface area contributed by atoms with Gasteiger partial charge in [-0.2, -0.15) is 0 Å².